The lowest BCUT2D eigenvalue weighted by molar-refractivity contribution is 0.191. The number of phosphoric ester groups is 1. The molecule has 0 fully saturated rings. The van der Waals surface area contributed by atoms with Gasteiger partial charge in [-0.15, -0.1) is 0 Å². The summed E-state index contributed by atoms with van der Waals surface area (Å²) in [5, 5.41) is 2.16. The van der Waals surface area contributed by atoms with Crippen LogP contribution in [0.25, 0.3) is 0 Å². The van der Waals surface area contributed by atoms with E-state index in [1.807, 2.05) is 0 Å². The van der Waals surface area contributed by atoms with Crippen LogP contribution in [-0.2, 0) is 18.0 Å². The molecule has 1 rings (SSSR count). The molecule has 0 aliphatic carbocycles. The second-order valence-electron chi connectivity index (χ2n) is 6.27. The standard InChI is InChI=1S/C16H20F5NO7P2/c1-9(6-7-28-31(26,27)29-30(23,24)25)4-3-5-10(2)8-22-16-14(20)12(18)11(17)13(19)15(16)21/h5-6,22H,3-4,7-8H2,1-2H3,(H,26,27)(H2,23,24,25)/b9-6+,10-5+. The third-order valence-electron chi connectivity index (χ3n) is 3.66. The predicted octanol–water partition coefficient (Wildman–Crippen LogP) is 4.69. The summed E-state index contributed by atoms with van der Waals surface area (Å²) < 4.78 is 96.3. The molecule has 31 heavy (non-hydrogen) atoms. The SMILES string of the molecule is C/C(=C\COP(=O)(O)OP(=O)(O)O)CC/C=C(\C)CNc1c(F)c(F)c(F)c(F)c1F. The van der Waals surface area contributed by atoms with E-state index in [4.69, 9.17) is 14.7 Å². The van der Waals surface area contributed by atoms with Crippen LogP contribution in [-0.4, -0.2) is 27.8 Å². The monoisotopic (exact) mass is 495 g/mol. The van der Waals surface area contributed by atoms with Crippen molar-refractivity contribution in [3.05, 3.63) is 52.4 Å². The number of rotatable bonds is 11. The van der Waals surface area contributed by atoms with E-state index in [0.717, 1.165) is 0 Å². The highest BCUT2D eigenvalue weighted by molar-refractivity contribution is 7.60. The summed E-state index contributed by atoms with van der Waals surface area (Å²) in [7, 11) is -10.1. The summed E-state index contributed by atoms with van der Waals surface area (Å²) in [5.41, 5.74) is 0.0548. The first-order valence-electron chi connectivity index (χ1n) is 8.45. The third kappa shape index (κ3) is 9.20. The number of nitrogens with one attached hydrogen (secondary N) is 1. The van der Waals surface area contributed by atoms with Gasteiger partial charge in [-0.1, -0.05) is 23.3 Å². The van der Waals surface area contributed by atoms with Gasteiger partial charge in [-0.3, -0.25) is 4.52 Å². The molecule has 8 nitrogen and oxygen atoms in total. The highest BCUT2D eigenvalue weighted by atomic mass is 31.3. The molecule has 0 saturated heterocycles. The molecule has 1 aromatic rings. The Kier molecular flexibility index (Phi) is 10.0. The van der Waals surface area contributed by atoms with Gasteiger partial charge in [0.05, 0.1) is 6.61 Å². The molecule has 0 aliphatic rings. The maximum Gasteiger partial charge on any atom is 0.481 e. The first kappa shape index (κ1) is 27.4. The van der Waals surface area contributed by atoms with Gasteiger partial charge in [0.25, 0.3) is 0 Å². The first-order valence-corrected chi connectivity index (χ1v) is 11.5. The van der Waals surface area contributed by atoms with Gasteiger partial charge >= 0.3 is 15.6 Å². The van der Waals surface area contributed by atoms with Crippen molar-refractivity contribution in [1.29, 1.82) is 0 Å². The van der Waals surface area contributed by atoms with Crippen molar-refractivity contribution >= 4 is 21.3 Å². The van der Waals surface area contributed by atoms with Gasteiger partial charge < -0.3 is 20.0 Å². The summed E-state index contributed by atoms with van der Waals surface area (Å²) in [6.45, 7) is 2.52. The minimum Gasteiger partial charge on any atom is -0.376 e. The first-order chi connectivity index (χ1) is 14.1. The number of hydrogen-bond donors (Lipinski definition) is 4. The molecule has 0 aromatic heterocycles. The van der Waals surface area contributed by atoms with Crippen molar-refractivity contribution in [1.82, 2.24) is 0 Å². The van der Waals surface area contributed by atoms with Crippen LogP contribution >= 0.6 is 15.6 Å². The zero-order valence-corrected chi connectivity index (χ0v) is 18.0. The summed E-state index contributed by atoms with van der Waals surface area (Å²) >= 11 is 0. The van der Waals surface area contributed by atoms with E-state index in [1.54, 1.807) is 19.9 Å². The minimum atomic E-state index is -5.20. The van der Waals surface area contributed by atoms with Crippen molar-refractivity contribution < 1.29 is 54.6 Å². The highest BCUT2D eigenvalue weighted by Crippen LogP contribution is 2.57. The Labute approximate surface area is 174 Å². The second kappa shape index (κ2) is 11.3. The van der Waals surface area contributed by atoms with Crippen LogP contribution in [0.2, 0.25) is 0 Å². The third-order valence-corrected chi connectivity index (χ3v) is 5.82. The van der Waals surface area contributed by atoms with Crippen LogP contribution in [0.1, 0.15) is 26.7 Å². The maximum atomic E-state index is 13.6. The fourth-order valence-corrected chi connectivity index (χ4v) is 3.67. The molecular formula is C16H20F5NO7P2. The summed E-state index contributed by atoms with van der Waals surface area (Å²) in [5.74, 6) is -10.3. The Balaban J connectivity index is 2.56. The zero-order valence-electron chi connectivity index (χ0n) is 16.2. The Hall–Kier alpha value is -1.59. The van der Waals surface area contributed by atoms with Gasteiger partial charge in [0.2, 0.25) is 5.82 Å². The summed E-state index contributed by atoms with van der Waals surface area (Å²) in [6.07, 6.45) is 3.79. The number of phosphoric acid groups is 2. The van der Waals surface area contributed by atoms with Gasteiger partial charge in [0.15, 0.2) is 23.3 Å². The predicted molar refractivity (Wildman–Crippen MR) is 100 cm³/mol. The molecule has 4 N–H and O–H groups in total. The van der Waals surface area contributed by atoms with Crippen LogP contribution in [0.5, 0.6) is 0 Å². The molecule has 0 saturated carbocycles. The molecule has 0 radical (unpaired) electrons. The van der Waals surface area contributed by atoms with Crippen LogP contribution in [0.4, 0.5) is 27.6 Å². The molecule has 0 spiro atoms. The molecular weight excluding hydrogens is 475 g/mol. The normalized spacial score (nSPS) is 15.2. The van der Waals surface area contributed by atoms with Crippen LogP contribution in [0.15, 0.2) is 23.3 Å². The van der Waals surface area contributed by atoms with Crippen molar-refractivity contribution in [2.45, 2.75) is 26.7 Å². The topological polar surface area (TPSA) is 125 Å². The Morgan fingerprint density at radius 3 is 1.94 bits per heavy atom. The van der Waals surface area contributed by atoms with E-state index in [9.17, 15) is 31.1 Å². The van der Waals surface area contributed by atoms with E-state index in [-0.39, 0.29) is 6.54 Å². The van der Waals surface area contributed by atoms with Crippen molar-refractivity contribution in [3.8, 4) is 0 Å². The number of anilines is 1. The van der Waals surface area contributed by atoms with Crippen LogP contribution < -0.4 is 5.32 Å². The largest absolute Gasteiger partial charge is 0.481 e. The average molecular weight is 495 g/mol. The lowest BCUT2D eigenvalue weighted by Gasteiger charge is -2.11. The summed E-state index contributed by atoms with van der Waals surface area (Å²) in [6, 6.07) is 0. The van der Waals surface area contributed by atoms with E-state index >= 15 is 0 Å². The Morgan fingerprint density at radius 2 is 1.42 bits per heavy atom. The fourth-order valence-electron chi connectivity index (χ4n) is 2.14. The molecule has 15 heteroatoms. The van der Waals surface area contributed by atoms with Crippen LogP contribution in [0.3, 0.4) is 0 Å². The maximum absolute atomic E-state index is 13.6. The van der Waals surface area contributed by atoms with Crippen molar-refractivity contribution in [3.63, 3.8) is 0 Å². The summed E-state index contributed by atoms with van der Waals surface area (Å²) in [4.78, 5) is 26.0. The molecule has 0 amide bonds. The van der Waals surface area contributed by atoms with Crippen molar-refractivity contribution in [2.24, 2.45) is 0 Å². The molecule has 1 atom stereocenters. The highest BCUT2D eigenvalue weighted by Gasteiger charge is 2.31. The van der Waals surface area contributed by atoms with E-state index in [1.165, 1.54) is 6.08 Å². The minimum absolute atomic E-state index is 0.197. The number of halogens is 5. The van der Waals surface area contributed by atoms with Crippen LogP contribution in [0, 0.1) is 29.1 Å². The number of allylic oxidation sites excluding steroid dienone is 2. The second-order valence-corrected chi connectivity index (χ2v) is 9.10. The van der Waals surface area contributed by atoms with E-state index in [2.05, 4.69) is 14.2 Å². The smallest absolute Gasteiger partial charge is 0.376 e. The van der Waals surface area contributed by atoms with Gasteiger partial charge in [-0.25, -0.2) is 31.1 Å². The molecule has 0 heterocycles. The molecule has 0 bridgehead atoms. The number of hydrogen-bond acceptors (Lipinski definition) is 5. The molecule has 0 aliphatic heterocycles. The van der Waals surface area contributed by atoms with Gasteiger partial charge in [0.1, 0.15) is 5.69 Å². The molecule has 176 valence electrons. The Morgan fingerprint density at radius 1 is 0.903 bits per heavy atom. The Bertz CT molecular complexity index is 935. The lowest BCUT2D eigenvalue weighted by atomic mass is 10.1. The number of benzene rings is 1. The molecule has 1 unspecified atom stereocenters. The van der Waals surface area contributed by atoms with E-state index < -0.39 is 57.0 Å². The van der Waals surface area contributed by atoms with Gasteiger partial charge in [-0.2, -0.15) is 4.31 Å². The lowest BCUT2D eigenvalue weighted by Crippen LogP contribution is -2.11. The molecule has 1 aromatic carbocycles. The van der Waals surface area contributed by atoms with Crippen molar-refractivity contribution in [2.75, 3.05) is 18.5 Å². The average Bonchev–Trinajstić information content (AvgIpc) is 2.62. The zero-order chi connectivity index (χ0) is 24.0. The van der Waals surface area contributed by atoms with Gasteiger partial charge in [0, 0.05) is 6.54 Å². The van der Waals surface area contributed by atoms with E-state index in [0.29, 0.717) is 24.0 Å². The van der Waals surface area contributed by atoms with Gasteiger partial charge in [-0.05, 0) is 26.7 Å². The fraction of sp³-hybridized carbons (Fsp3) is 0.375. The quantitative estimate of drug-likeness (QED) is 0.115.